The maximum atomic E-state index is 12.2. The Morgan fingerprint density at radius 2 is 1.68 bits per heavy atom. The van der Waals surface area contributed by atoms with Gasteiger partial charge in [0.1, 0.15) is 12.0 Å². The van der Waals surface area contributed by atoms with Crippen LogP contribution in [-0.4, -0.2) is 12.9 Å². The second-order valence-electron chi connectivity index (χ2n) is 6.69. The molecule has 2 saturated carbocycles. The van der Waals surface area contributed by atoms with Gasteiger partial charge >= 0.3 is 6.61 Å². The fourth-order valence-electron chi connectivity index (χ4n) is 4.27. The third-order valence-corrected chi connectivity index (χ3v) is 5.42. The average molecular weight is 308 g/mol. The van der Waals surface area contributed by atoms with E-state index < -0.39 is 6.61 Å². The molecule has 0 radical (unpaired) electrons. The zero-order valence-corrected chi connectivity index (χ0v) is 12.6. The third kappa shape index (κ3) is 3.47. The number of hydrogen-bond donors (Lipinski definition) is 0. The van der Waals surface area contributed by atoms with E-state index in [9.17, 15) is 13.6 Å². The molecule has 0 aliphatic heterocycles. The van der Waals surface area contributed by atoms with Crippen molar-refractivity contribution < 1.29 is 18.3 Å². The average Bonchev–Trinajstić information content (AvgIpc) is 2.54. The molecule has 22 heavy (non-hydrogen) atoms. The van der Waals surface area contributed by atoms with Gasteiger partial charge in [0.2, 0.25) is 0 Å². The van der Waals surface area contributed by atoms with E-state index in [0.717, 1.165) is 38.4 Å². The van der Waals surface area contributed by atoms with Crippen LogP contribution in [0.25, 0.3) is 0 Å². The van der Waals surface area contributed by atoms with Gasteiger partial charge in [-0.1, -0.05) is 12.1 Å². The van der Waals surface area contributed by atoms with E-state index in [1.54, 1.807) is 12.1 Å². The lowest BCUT2D eigenvalue weighted by Crippen LogP contribution is -2.30. The highest BCUT2D eigenvalue weighted by Gasteiger charge is 2.35. The molecule has 1 aromatic carbocycles. The molecule has 0 aromatic heterocycles. The van der Waals surface area contributed by atoms with Gasteiger partial charge in [-0.05, 0) is 74.0 Å². The van der Waals surface area contributed by atoms with Crippen LogP contribution in [0, 0.1) is 17.8 Å². The van der Waals surface area contributed by atoms with Gasteiger partial charge in [-0.3, -0.25) is 0 Å². The van der Waals surface area contributed by atoms with Crippen LogP contribution < -0.4 is 4.74 Å². The summed E-state index contributed by atoms with van der Waals surface area (Å²) in [4.78, 5) is 11.0. The lowest BCUT2D eigenvalue weighted by atomic mass is 9.64. The Labute approximate surface area is 129 Å². The maximum absolute atomic E-state index is 12.2. The van der Waals surface area contributed by atoms with Gasteiger partial charge in [0.15, 0.2) is 0 Å². The minimum atomic E-state index is -2.77. The van der Waals surface area contributed by atoms with Gasteiger partial charge in [0.25, 0.3) is 0 Å². The van der Waals surface area contributed by atoms with Crippen LogP contribution in [0.15, 0.2) is 24.3 Å². The van der Waals surface area contributed by atoms with Crippen molar-refractivity contribution in [1.29, 1.82) is 0 Å². The molecule has 0 amide bonds. The third-order valence-electron chi connectivity index (χ3n) is 5.42. The second kappa shape index (κ2) is 6.76. The van der Waals surface area contributed by atoms with Crippen molar-refractivity contribution in [3.8, 4) is 5.75 Å². The number of carbonyl (C=O) groups excluding carboxylic acids is 1. The molecule has 1 aromatic rings. The Hall–Kier alpha value is -1.45. The Morgan fingerprint density at radius 1 is 1.00 bits per heavy atom. The molecule has 2 aliphatic carbocycles. The van der Waals surface area contributed by atoms with E-state index in [0.29, 0.717) is 17.8 Å². The van der Waals surface area contributed by atoms with Gasteiger partial charge in [0.05, 0.1) is 0 Å². The zero-order valence-electron chi connectivity index (χ0n) is 12.6. The molecule has 0 spiro atoms. The molecule has 1 unspecified atom stereocenters. The minimum absolute atomic E-state index is 0.221. The van der Waals surface area contributed by atoms with Gasteiger partial charge in [0, 0.05) is 5.92 Å². The first-order valence-electron chi connectivity index (χ1n) is 8.15. The summed E-state index contributed by atoms with van der Waals surface area (Å²) in [7, 11) is 0. The molecule has 0 saturated heterocycles. The largest absolute Gasteiger partial charge is 0.435 e. The molecule has 0 N–H and O–H groups in total. The molecule has 0 heterocycles. The highest BCUT2D eigenvalue weighted by molar-refractivity contribution is 5.53. The van der Waals surface area contributed by atoms with Crippen molar-refractivity contribution in [2.24, 2.45) is 17.8 Å². The predicted octanol–water partition coefficient (Wildman–Crippen LogP) is 4.79. The summed E-state index contributed by atoms with van der Waals surface area (Å²) >= 11 is 0. The highest BCUT2D eigenvalue weighted by Crippen LogP contribution is 2.47. The first-order valence-corrected chi connectivity index (χ1v) is 8.15. The van der Waals surface area contributed by atoms with Crippen LogP contribution in [0.4, 0.5) is 8.78 Å². The first kappa shape index (κ1) is 15.4. The summed E-state index contributed by atoms with van der Waals surface area (Å²) in [6, 6.07) is 7.10. The Bertz CT molecular complexity index is 500. The van der Waals surface area contributed by atoms with Crippen molar-refractivity contribution in [3.63, 3.8) is 0 Å². The summed E-state index contributed by atoms with van der Waals surface area (Å²) in [6.07, 6.45) is 7.82. The SMILES string of the molecule is O=C[C@@H]1CC[C@@H]2CC(c3ccc(OC(F)F)cc3)CC[C@@H]2C1. The number of hydrogen-bond acceptors (Lipinski definition) is 2. The van der Waals surface area contributed by atoms with Crippen molar-refractivity contribution in [1.82, 2.24) is 0 Å². The monoisotopic (exact) mass is 308 g/mol. The van der Waals surface area contributed by atoms with Crippen molar-refractivity contribution >= 4 is 6.29 Å². The standard InChI is InChI=1S/C18H22F2O2/c19-18(20)22-17-7-5-13(6-8-17)15-4-3-14-9-12(11-21)1-2-16(14)10-15/h5-8,11-12,14-16,18H,1-4,9-10H2/t12-,14-,15?,16-/m1/s1. The van der Waals surface area contributed by atoms with Crippen LogP contribution in [0.3, 0.4) is 0 Å². The normalized spacial score (nSPS) is 31.6. The molecule has 2 nitrogen and oxygen atoms in total. The number of rotatable bonds is 4. The van der Waals surface area contributed by atoms with E-state index in [2.05, 4.69) is 4.74 Å². The summed E-state index contributed by atoms with van der Waals surface area (Å²) in [6.45, 7) is -2.77. The Morgan fingerprint density at radius 3 is 2.36 bits per heavy atom. The molecule has 2 aliphatic rings. The minimum Gasteiger partial charge on any atom is -0.435 e. The number of aldehydes is 1. The summed E-state index contributed by atoms with van der Waals surface area (Å²) in [5, 5.41) is 0. The predicted molar refractivity (Wildman–Crippen MR) is 80.1 cm³/mol. The van der Waals surface area contributed by atoms with E-state index in [-0.39, 0.29) is 11.7 Å². The topological polar surface area (TPSA) is 26.3 Å². The number of benzene rings is 1. The zero-order chi connectivity index (χ0) is 15.5. The van der Waals surface area contributed by atoms with E-state index >= 15 is 0 Å². The Kier molecular flexibility index (Phi) is 4.74. The number of ether oxygens (including phenoxy) is 1. The van der Waals surface area contributed by atoms with Crippen LogP contribution in [0.2, 0.25) is 0 Å². The van der Waals surface area contributed by atoms with E-state index in [1.807, 2.05) is 12.1 Å². The summed E-state index contributed by atoms with van der Waals surface area (Å²) in [5.41, 5.74) is 1.22. The molecule has 4 atom stereocenters. The van der Waals surface area contributed by atoms with Gasteiger partial charge in [-0.25, -0.2) is 0 Å². The fraction of sp³-hybridized carbons (Fsp3) is 0.611. The molecule has 4 heteroatoms. The van der Waals surface area contributed by atoms with E-state index in [1.165, 1.54) is 12.0 Å². The van der Waals surface area contributed by atoms with Gasteiger partial charge in [-0.15, -0.1) is 0 Å². The Balaban J connectivity index is 1.61. The van der Waals surface area contributed by atoms with Crippen LogP contribution in [0.5, 0.6) is 5.75 Å². The molecule has 0 bridgehead atoms. The molecular formula is C18H22F2O2. The second-order valence-corrected chi connectivity index (χ2v) is 6.69. The lowest BCUT2D eigenvalue weighted by molar-refractivity contribution is -0.113. The van der Waals surface area contributed by atoms with Crippen molar-refractivity contribution in [2.45, 2.75) is 51.1 Å². The fourth-order valence-corrected chi connectivity index (χ4v) is 4.27. The van der Waals surface area contributed by atoms with Crippen LogP contribution in [-0.2, 0) is 4.79 Å². The highest BCUT2D eigenvalue weighted by atomic mass is 19.3. The van der Waals surface area contributed by atoms with Crippen LogP contribution >= 0.6 is 0 Å². The maximum Gasteiger partial charge on any atom is 0.387 e. The van der Waals surface area contributed by atoms with Gasteiger partial charge in [-0.2, -0.15) is 8.78 Å². The molecule has 3 rings (SSSR count). The first-order chi connectivity index (χ1) is 10.7. The van der Waals surface area contributed by atoms with E-state index in [4.69, 9.17) is 0 Å². The number of fused-ring (bicyclic) bond motifs is 1. The molecule has 2 fully saturated rings. The van der Waals surface area contributed by atoms with Crippen molar-refractivity contribution in [3.05, 3.63) is 29.8 Å². The van der Waals surface area contributed by atoms with Crippen molar-refractivity contribution in [2.75, 3.05) is 0 Å². The molecule has 120 valence electrons. The molecular weight excluding hydrogens is 286 g/mol. The van der Waals surface area contributed by atoms with Crippen LogP contribution in [0.1, 0.15) is 50.0 Å². The summed E-state index contributed by atoms with van der Waals surface area (Å²) < 4.78 is 28.8. The number of halogens is 2. The lowest BCUT2D eigenvalue weighted by Gasteiger charge is -2.41. The quantitative estimate of drug-likeness (QED) is 0.748. The summed E-state index contributed by atoms with van der Waals surface area (Å²) in [5.74, 6) is 2.41. The number of carbonyl (C=O) groups is 1. The smallest absolute Gasteiger partial charge is 0.387 e. The number of alkyl halides is 2. The van der Waals surface area contributed by atoms with Gasteiger partial charge < -0.3 is 9.53 Å².